The standard InChI is InChI=1S/C25H33N5O3/c1-4-30-21-10-11-29(24(32)22(31)16-18(2)3)17-20(21)23(26-30)25(33)28-14-12-27(13-15-28)19-8-6-5-7-9-19/h5-9,18H,4,10-17H2,1-3H3. The number of nitrogens with zero attached hydrogens (tertiary/aromatic N) is 5. The van der Waals surface area contributed by atoms with E-state index in [9.17, 15) is 14.4 Å². The van der Waals surface area contributed by atoms with E-state index in [1.54, 1.807) is 4.90 Å². The van der Waals surface area contributed by atoms with E-state index in [1.165, 1.54) is 0 Å². The second kappa shape index (κ2) is 9.77. The topological polar surface area (TPSA) is 78.8 Å². The molecular formula is C25H33N5O3. The lowest BCUT2D eigenvalue weighted by Crippen LogP contribution is -2.49. The molecule has 0 spiro atoms. The van der Waals surface area contributed by atoms with Gasteiger partial charge in [-0.25, -0.2) is 0 Å². The van der Waals surface area contributed by atoms with Crippen molar-refractivity contribution in [1.29, 1.82) is 0 Å². The highest BCUT2D eigenvalue weighted by molar-refractivity contribution is 6.36. The Morgan fingerprint density at radius 3 is 2.30 bits per heavy atom. The summed E-state index contributed by atoms with van der Waals surface area (Å²) >= 11 is 0. The Hall–Kier alpha value is -3.16. The monoisotopic (exact) mass is 451 g/mol. The summed E-state index contributed by atoms with van der Waals surface area (Å²) < 4.78 is 1.88. The molecule has 1 fully saturated rings. The Morgan fingerprint density at radius 1 is 0.970 bits per heavy atom. The summed E-state index contributed by atoms with van der Waals surface area (Å²) in [6, 6.07) is 10.2. The van der Waals surface area contributed by atoms with Gasteiger partial charge >= 0.3 is 0 Å². The first kappa shape index (κ1) is 23.0. The highest BCUT2D eigenvalue weighted by atomic mass is 16.2. The van der Waals surface area contributed by atoms with E-state index < -0.39 is 5.91 Å². The van der Waals surface area contributed by atoms with Crippen LogP contribution in [0, 0.1) is 5.92 Å². The largest absolute Gasteiger partial charge is 0.368 e. The number of Topliss-reactive ketones (excluding diaryl/α,β-unsaturated/α-hetero) is 1. The Balaban J connectivity index is 1.49. The quantitative estimate of drug-likeness (QED) is 0.630. The number of carbonyl (C=O) groups is 3. The molecule has 0 saturated carbocycles. The number of amides is 2. The van der Waals surface area contributed by atoms with Crippen LogP contribution in [0.3, 0.4) is 0 Å². The normalized spacial score (nSPS) is 16.2. The van der Waals surface area contributed by atoms with Crippen LogP contribution < -0.4 is 4.90 Å². The van der Waals surface area contributed by atoms with Crippen LogP contribution in [-0.4, -0.2) is 69.9 Å². The zero-order chi connectivity index (χ0) is 23.5. The molecule has 1 aromatic carbocycles. The molecule has 8 heteroatoms. The maximum atomic E-state index is 13.5. The van der Waals surface area contributed by atoms with Gasteiger partial charge in [0.05, 0.1) is 6.54 Å². The molecule has 2 aliphatic rings. The minimum Gasteiger partial charge on any atom is -0.368 e. The van der Waals surface area contributed by atoms with Gasteiger partial charge in [-0.05, 0) is 25.0 Å². The number of fused-ring (bicyclic) bond motifs is 1. The number of hydrogen-bond donors (Lipinski definition) is 0. The molecule has 0 bridgehead atoms. The van der Waals surface area contributed by atoms with Gasteiger partial charge in [-0.1, -0.05) is 32.0 Å². The SMILES string of the molecule is CCn1nc(C(=O)N2CCN(c3ccccc3)CC2)c2c1CCN(C(=O)C(=O)CC(C)C)C2. The van der Waals surface area contributed by atoms with E-state index in [2.05, 4.69) is 22.1 Å². The van der Waals surface area contributed by atoms with Crippen molar-refractivity contribution < 1.29 is 14.4 Å². The van der Waals surface area contributed by atoms with E-state index in [1.807, 2.05) is 48.6 Å². The minimum absolute atomic E-state index is 0.0889. The summed E-state index contributed by atoms with van der Waals surface area (Å²) in [7, 11) is 0. The van der Waals surface area contributed by atoms with E-state index in [0.717, 1.165) is 30.0 Å². The number of piperazine rings is 1. The number of rotatable bonds is 6. The van der Waals surface area contributed by atoms with Crippen LogP contribution in [0.5, 0.6) is 0 Å². The molecule has 1 aromatic heterocycles. The summed E-state index contributed by atoms with van der Waals surface area (Å²) in [6.45, 7) is 10.0. The fourth-order valence-electron chi connectivity index (χ4n) is 4.69. The molecule has 2 aliphatic heterocycles. The Bertz CT molecular complexity index is 1020. The molecule has 0 N–H and O–H groups in total. The summed E-state index contributed by atoms with van der Waals surface area (Å²) in [4.78, 5) is 44.2. The van der Waals surface area contributed by atoms with E-state index >= 15 is 0 Å². The zero-order valence-electron chi connectivity index (χ0n) is 19.8. The fraction of sp³-hybridized carbons (Fsp3) is 0.520. The van der Waals surface area contributed by atoms with Crippen molar-refractivity contribution in [2.24, 2.45) is 5.92 Å². The molecule has 2 amide bonds. The zero-order valence-corrected chi connectivity index (χ0v) is 19.8. The summed E-state index contributed by atoms with van der Waals surface area (Å²) in [5.41, 5.74) is 3.39. The number of carbonyl (C=O) groups excluding carboxylic acids is 3. The van der Waals surface area contributed by atoms with Crippen molar-refractivity contribution >= 4 is 23.3 Å². The van der Waals surface area contributed by atoms with Crippen molar-refractivity contribution in [3.05, 3.63) is 47.3 Å². The van der Waals surface area contributed by atoms with Gasteiger partial charge in [-0.2, -0.15) is 5.10 Å². The van der Waals surface area contributed by atoms with Crippen molar-refractivity contribution in [2.45, 2.75) is 46.7 Å². The second-order valence-corrected chi connectivity index (χ2v) is 9.20. The number of anilines is 1. The molecule has 0 unspecified atom stereocenters. The molecule has 176 valence electrons. The Morgan fingerprint density at radius 2 is 1.67 bits per heavy atom. The molecule has 0 radical (unpaired) electrons. The molecule has 1 saturated heterocycles. The van der Waals surface area contributed by atoms with Crippen molar-refractivity contribution in [3.8, 4) is 0 Å². The molecule has 3 heterocycles. The van der Waals surface area contributed by atoms with Gasteiger partial charge in [0.15, 0.2) is 5.69 Å². The summed E-state index contributed by atoms with van der Waals surface area (Å²) in [5.74, 6) is -0.764. The Kier molecular flexibility index (Phi) is 6.81. The third-order valence-electron chi connectivity index (χ3n) is 6.44. The fourth-order valence-corrected chi connectivity index (χ4v) is 4.69. The maximum absolute atomic E-state index is 13.5. The van der Waals surface area contributed by atoms with Gasteiger partial charge in [-0.3, -0.25) is 19.1 Å². The van der Waals surface area contributed by atoms with Gasteiger partial charge in [0.1, 0.15) is 0 Å². The third-order valence-corrected chi connectivity index (χ3v) is 6.44. The molecule has 4 rings (SSSR count). The highest BCUT2D eigenvalue weighted by Gasteiger charge is 2.34. The lowest BCUT2D eigenvalue weighted by Gasteiger charge is -2.36. The van der Waals surface area contributed by atoms with E-state index in [4.69, 9.17) is 0 Å². The average Bonchev–Trinajstić information content (AvgIpc) is 3.21. The van der Waals surface area contributed by atoms with Crippen LogP contribution in [0.15, 0.2) is 30.3 Å². The summed E-state index contributed by atoms with van der Waals surface area (Å²) in [6.07, 6.45) is 0.847. The average molecular weight is 452 g/mol. The smallest absolute Gasteiger partial charge is 0.290 e. The van der Waals surface area contributed by atoms with Gasteiger partial charge in [-0.15, -0.1) is 0 Å². The first-order chi connectivity index (χ1) is 15.9. The van der Waals surface area contributed by atoms with Crippen LogP contribution >= 0.6 is 0 Å². The number of ketones is 1. The lowest BCUT2D eigenvalue weighted by molar-refractivity contribution is -0.145. The van der Waals surface area contributed by atoms with Crippen LogP contribution in [-0.2, 0) is 29.1 Å². The lowest BCUT2D eigenvalue weighted by atomic mass is 10.0. The number of hydrogen-bond acceptors (Lipinski definition) is 5. The Labute approximate surface area is 195 Å². The summed E-state index contributed by atoms with van der Waals surface area (Å²) in [5, 5.41) is 4.64. The first-order valence-electron chi connectivity index (χ1n) is 11.9. The molecule has 0 atom stereocenters. The molecule has 0 aliphatic carbocycles. The van der Waals surface area contributed by atoms with Crippen molar-refractivity contribution in [2.75, 3.05) is 37.6 Å². The van der Waals surface area contributed by atoms with Crippen molar-refractivity contribution in [3.63, 3.8) is 0 Å². The predicted molar refractivity (Wildman–Crippen MR) is 126 cm³/mol. The number of para-hydroxylation sites is 1. The maximum Gasteiger partial charge on any atom is 0.290 e. The number of benzene rings is 1. The van der Waals surface area contributed by atoms with Gasteiger partial charge in [0.25, 0.3) is 11.8 Å². The molecule has 8 nitrogen and oxygen atoms in total. The van der Waals surface area contributed by atoms with Gasteiger partial charge in [0.2, 0.25) is 5.78 Å². The van der Waals surface area contributed by atoms with Gasteiger partial charge < -0.3 is 14.7 Å². The van der Waals surface area contributed by atoms with Crippen LogP contribution in [0.1, 0.15) is 48.9 Å². The molecule has 2 aromatic rings. The van der Waals surface area contributed by atoms with Gasteiger partial charge in [0, 0.05) is 69.1 Å². The minimum atomic E-state index is -0.450. The first-order valence-corrected chi connectivity index (χ1v) is 11.9. The highest BCUT2D eigenvalue weighted by Crippen LogP contribution is 2.25. The van der Waals surface area contributed by atoms with Crippen LogP contribution in [0.4, 0.5) is 5.69 Å². The van der Waals surface area contributed by atoms with Crippen LogP contribution in [0.25, 0.3) is 0 Å². The van der Waals surface area contributed by atoms with E-state index in [0.29, 0.717) is 38.3 Å². The predicted octanol–water partition coefficient (Wildman–Crippen LogP) is 2.37. The van der Waals surface area contributed by atoms with E-state index in [-0.39, 0.29) is 30.6 Å². The third kappa shape index (κ3) is 4.79. The van der Waals surface area contributed by atoms with Crippen molar-refractivity contribution in [1.82, 2.24) is 19.6 Å². The number of aryl methyl sites for hydroxylation is 1. The van der Waals surface area contributed by atoms with Crippen LogP contribution in [0.2, 0.25) is 0 Å². The molecular weight excluding hydrogens is 418 g/mol. The molecule has 33 heavy (non-hydrogen) atoms. The second-order valence-electron chi connectivity index (χ2n) is 9.20. The number of aromatic nitrogens is 2.